The molecule has 1 heterocycles. The Morgan fingerprint density at radius 2 is 1.83 bits per heavy atom. The molecule has 2 fully saturated rings. The van der Waals surface area contributed by atoms with E-state index in [4.69, 9.17) is 0 Å². The number of rotatable bonds is 5. The van der Waals surface area contributed by atoms with Crippen LogP contribution in [0.5, 0.6) is 0 Å². The van der Waals surface area contributed by atoms with Gasteiger partial charge in [0.1, 0.15) is 0 Å². The molecule has 1 aliphatic carbocycles. The summed E-state index contributed by atoms with van der Waals surface area (Å²) in [6, 6.07) is 7.73. The molecule has 1 unspecified atom stereocenters. The standard InChI is InChI=1S/C22H33N5O2/c1-23-20(28)17-10-8-16(9-11-17)14-25-22(24-2)26-19-12-13-27(15-19)21(29)18-6-4-3-5-7-18/h8-11,18-19H,3-7,12-15H2,1-2H3,(H,23,28)(H2,24,25,26). The Balaban J connectivity index is 1.45. The normalized spacial score (nSPS) is 20.4. The van der Waals surface area contributed by atoms with Crippen molar-refractivity contribution >= 4 is 17.8 Å². The van der Waals surface area contributed by atoms with Crippen LogP contribution in [0.3, 0.4) is 0 Å². The van der Waals surface area contributed by atoms with Crippen molar-refractivity contribution in [3.8, 4) is 0 Å². The van der Waals surface area contributed by atoms with Crippen LogP contribution in [-0.2, 0) is 11.3 Å². The summed E-state index contributed by atoms with van der Waals surface area (Å²) < 4.78 is 0. The van der Waals surface area contributed by atoms with Crippen molar-refractivity contribution in [3.05, 3.63) is 35.4 Å². The summed E-state index contributed by atoms with van der Waals surface area (Å²) in [5.74, 6) is 1.22. The Morgan fingerprint density at radius 1 is 1.10 bits per heavy atom. The number of likely N-dealkylation sites (tertiary alicyclic amines) is 1. The van der Waals surface area contributed by atoms with Gasteiger partial charge < -0.3 is 20.9 Å². The highest BCUT2D eigenvalue weighted by molar-refractivity contribution is 5.94. The minimum atomic E-state index is -0.0875. The predicted molar refractivity (Wildman–Crippen MR) is 115 cm³/mol. The number of guanidine groups is 1. The predicted octanol–water partition coefficient (Wildman–Crippen LogP) is 1.89. The molecule has 0 spiro atoms. The van der Waals surface area contributed by atoms with E-state index in [0.717, 1.165) is 43.9 Å². The molecular weight excluding hydrogens is 366 g/mol. The van der Waals surface area contributed by atoms with E-state index in [1.165, 1.54) is 19.3 Å². The van der Waals surface area contributed by atoms with Crippen molar-refractivity contribution in [3.63, 3.8) is 0 Å². The Labute approximate surface area is 173 Å². The molecule has 1 aliphatic heterocycles. The first-order chi connectivity index (χ1) is 14.1. The average molecular weight is 400 g/mol. The summed E-state index contributed by atoms with van der Waals surface area (Å²) in [6.45, 7) is 2.19. The third kappa shape index (κ3) is 5.71. The van der Waals surface area contributed by atoms with Crippen LogP contribution in [0.25, 0.3) is 0 Å². The number of benzene rings is 1. The molecule has 3 N–H and O–H groups in total. The lowest BCUT2D eigenvalue weighted by molar-refractivity contribution is -0.135. The van der Waals surface area contributed by atoms with Crippen molar-refractivity contribution in [1.82, 2.24) is 20.9 Å². The van der Waals surface area contributed by atoms with E-state index in [1.54, 1.807) is 14.1 Å². The largest absolute Gasteiger partial charge is 0.355 e. The molecule has 2 aliphatic rings. The van der Waals surface area contributed by atoms with Crippen molar-refractivity contribution in [2.45, 2.75) is 51.1 Å². The number of hydrogen-bond donors (Lipinski definition) is 3. The number of amides is 2. The van der Waals surface area contributed by atoms with E-state index in [2.05, 4.69) is 20.9 Å². The second kappa shape index (κ2) is 10.3. The lowest BCUT2D eigenvalue weighted by atomic mass is 9.88. The lowest BCUT2D eigenvalue weighted by Crippen LogP contribution is -2.45. The first kappa shape index (κ1) is 21.1. The van der Waals surface area contributed by atoms with Gasteiger partial charge in [-0.15, -0.1) is 0 Å². The van der Waals surface area contributed by atoms with Gasteiger partial charge in [0.15, 0.2) is 5.96 Å². The van der Waals surface area contributed by atoms with Crippen molar-refractivity contribution < 1.29 is 9.59 Å². The Kier molecular flexibility index (Phi) is 7.49. The highest BCUT2D eigenvalue weighted by Crippen LogP contribution is 2.26. The zero-order valence-corrected chi connectivity index (χ0v) is 17.5. The molecular formula is C22H33N5O2. The van der Waals surface area contributed by atoms with E-state index in [-0.39, 0.29) is 17.9 Å². The summed E-state index contributed by atoms with van der Waals surface area (Å²) in [6.07, 6.45) is 6.69. The van der Waals surface area contributed by atoms with Gasteiger partial charge in [-0.25, -0.2) is 0 Å². The summed E-state index contributed by atoms with van der Waals surface area (Å²) in [5.41, 5.74) is 1.72. The molecule has 0 aromatic heterocycles. The first-order valence-electron chi connectivity index (χ1n) is 10.7. The van der Waals surface area contributed by atoms with Crippen LogP contribution in [0.2, 0.25) is 0 Å². The smallest absolute Gasteiger partial charge is 0.251 e. The zero-order valence-electron chi connectivity index (χ0n) is 17.5. The van der Waals surface area contributed by atoms with Crippen LogP contribution in [-0.4, -0.2) is 55.9 Å². The quantitative estimate of drug-likeness (QED) is 0.521. The second-order valence-corrected chi connectivity index (χ2v) is 7.95. The maximum absolute atomic E-state index is 12.7. The number of carbonyl (C=O) groups is 2. The average Bonchev–Trinajstić information content (AvgIpc) is 3.25. The molecule has 3 rings (SSSR count). The number of nitrogens with zero attached hydrogens (tertiary/aromatic N) is 2. The van der Waals surface area contributed by atoms with Crippen LogP contribution in [0, 0.1) is 5.92 Å². The van der Waals surface area contributed by atoms with E-state index < -0.39 is 0 Å². The summed E-state index contributed by atoms with van der Waals surface area (Å²) in [5, 5.41) is 9.38. The van der Waals surface area contributed by atoms with Gasteiger partial charge in [-0.3, -0.25) is 14.6 Å². The molecule has 1 atom stereocenters. The van der Waals surface area contributed by atoms with Gasteiger partial charge in [-0.1, -0.05) is 31.4 Å². The van der Waals surface area contributed by atoms with Crippen molar-refractivity contribution in [1.29, 1.82) is 0 Å². The monoisotopic (exact) mass is 399 g/mol. The second-order valence-electron chi connectivity index (χ2n) is 7.95. The van der Waals surface area contributed by atoms with Gasteiger partial charge in [0, 0.05) is 51.3 Å². The summed E-state index contributed by atoms with van der Waals surface area (Å²) >= 11 is 0. The molecule has 1 saturated heterocycles. The molecule has 1 aromatic carbocycles. The maximum atomic E-state index is 12.7. The molecule has 29 heavy (non-hydrogen) atoms. The van der Waals surface area contributed by atoms with Crippen molar-refractivity contribution in [2.24, 2.45) is 10.9 Å². The Bertz CT molecular complexity index is 725. The van der Waals surface area contributed by atoms with Gasteiger partial charge in [-0.2, -0.15) is 0 Å². The van der Waals surface area contributed by atoms with Gasteiger partial charge in [0.05, 0.1) is 0 Å². The number of aliphatic imine (C=N–C) groups is 1. The third-order valence-corrected chi connectivity index (χ3v) is 5.92. The van der Waals surface area contributed by atoms with Gasteiger partial charge in [0.25, 0.3) is 5.91 Å². The molecule has 0 radical (unpaired) electrons. The zero-order chi connectivity index (χ0) is 20.6. The topological polar surface area (TPSA) is 85.8 Å². The van der Waals surface area contributed by atoms with Crippen LogP contribution in [0.4, 0.5) is 0 Å². The van der Waals surface area contributed by atoms with Crippen LogP contribution < -0.4 is 16.0 Å². The Morgan fingerprint density at radius 3 is 2.48 bits per heavy atom. The molecule has 7 heteroatoms. The van der Waals surface area contributed by atoms with E-state index in [0.29, 0.717) is 18.0 Å². The SMILES string of the molecule is CN=C(NCc1ccc(C(=O)NC)cc1)NC1CCN(C(=O)C2CCCCC2)C1. The molecule has 2 amide bonds. The lowest BCUT2D eigenvalue weighted by Gasteiger charge is -2.26. The minimum absolute atomic E-state index is 0.0875. The number of carbonyl (C=O) groups excluding carboxylic acids is 2. The number of hydrogen-bond acceptors (Lipinski definition) is 3. The van der Waals surface area contributed by atoms with Crippen LogP contribution in [0.15, 0.2) is 29.3 Å². The number of nitrogens with one attached hydrogen (secondary N) is 3. The maximum Gasteiger partial charge on any atom is 0.251 e. The van der Waals surface area contributed by atoms with E-state index in [1.807, 2.05) is 29.2 Å². The highest BCUT2D eigenvalue weighted by Gasteiger charge is 2.31. The fourth-order valence-corrected chi connectivity index (χ4v) is 4.18. The van der Waals surface area contributed by atoms with Gasteiger partial charge >= 0.3 is 0 Å². The summed E-state index contributed by atoms with van der Waals surface area (Å²) in [4.78, 5) is 30.7. The molecule has 1 saturated carbocycles. The van der Waals surface area contributed by atoms with E-state index >= 15 is 0 Å². The van der Waals surface area contributed by atoms with Crippen LogP contribution >= 0.6 is 0 Å². The first-order valence-corrected chi connectivity index (χ1v) is 10.7. The molecule has 7 nitrogen and oxygen atoms in total. The summed E-state index contributed by atoms with van der Waals surface area (Å²) in [7, 11) is 3.38. The fourth-order valence-electron chi connectivity index (χ4n) is 4.18. The third-order valence-electron chi connectivity index (χ3n) is 5.92. The van der Waals surface area contributed by atoms with E-state index in [9.17, 15) is 9.59 Å². The van der Waals surface area contributed by atoms with Crippen molar-refractivity contribution in [2.75, 3.05) is 27.2 Å². The molecule has 1 aromatic rings. The Hall–Kier alpha value is -2.57. The molecule has 158 valence electrons. The van der Waals surface area contributed by atoms with Gasteiger partial charge in [-0.05, 0) is 37.0 Å². The molecule has 0 bridgehead atoms. The minimum Gasteiger partial charge on any atom is -0.355 e. The van der Waals surface area contributed by atoms with Gasteiger partial charge in [0.2, 0.25) is 5.91 Å². The fraction of sp³-hybridized carbons (Fsp3) is 0.591. The van der Waals surface area contributed by atoms with Crippen LogP contribution in [0.1, 0.15) is 54.4 Å². The highest BCUT2D eigenvalue weighted by atomic mass is 16.2.